The third-order valence-corrected chi connectivity index (χ3v) is 4.13. The molecule has 2 atom stereocenters. The molecule has 0 radical (unpaired) electrons. The van der Waals surface area contributed by atoms with Crippen molar-refractivity contribution < 1.29 is 8.42 Å². The van der Waals surface area contributed by atoms with Gasteiger partial charge in [0.2, 0.25) is 10.0 Å². The van der Waals surface area contributed by atoms with E-state index >= 15 is 0 Å². The average Bonchev–Trinajstić information content (AvgIpc) is 2.46. The molecule has 0 aromatic carbocycles. The highest BCUT2D eigenvalue weighted by Gasteiger charge is 2.35. The predicted octanol–water partition coefficient (Wildman–Crippen LogP) is 0.691. The van der Waals surface area contributed by atoms with Crippen molar-refractivity contribution in [3.63, 3.8) is 0 Å². The molecule has 0 heterocycles. The maximum Gasteiger partial charge on any atom is 0.208 e. The van der Waals surface area contributed by atoms with Gasteiger partial charge in [0.25, 0.3) is 0 Å². The summed E-state index contributed by atoms with van der Waals surface area (Å²) in [5.41, 5.74) is 5.98. The van der Waals surface area contributed by atoms with Gasteiger partial charge < -0.3 is 5.73 Å². The van der Waals surface area contributed by atoms with Gasteiger partial charge in [-0.05, 0) is 37.1 Å². The molecular formula is C10H22N2O2S. The zero-order chi connectivity index (χ0) is 11.5. The SMILES string of the molecule is C[C@H]1CC[C@](CN)(CCNS(C)(=O)=O)C1. The quantitative estimate of drug-likeness (QED) is 0.735. The average molecular weight is 234 g/mol. The van der Waals surface area contributed by atoms with Gasteiger partial charge in [0.1, 0.15) is 0 Å². The van der Waals surface area contributed by atoms with E-state index in [1.54, 1.807) is 0 Å². The fraction of sp³-hybridized carbons (Fsp3) is 1.00. The molecule has 0 amide bonds. The Hall–Kier alpha value is -0.130. The van der Waals surface area contributed by atoms with Crippen LogP contribution in [0.25, 0.3) is 0 Å². The lowest BCUT2D eigenvalue weighted by Gasteiger charge is -2.27. The number of rotatable bonds is 5. The van der Waals surface area contributed by atoms with E-state index in [0.717, 1.165) is 25.2 Å². The lowest BCUT2D eigenvalue weighted by molar-refractivity contribution is 0.275. The van der Waals surface area contributed by atoms with Crippen molar-refractivity contribution >= 4 is 10.0 Å². The monoisotopic (exact) mass is 234 g/mol. The van der Waals surface area contributed by atoms with Crippen molar-refractivity contribution in [1.82, 2.24) is 4.72 Å². The molecule has 4 nitrogen and oxygen atoms in total. The van der Waals surface area contributed by atoms with Gasteiger partial charge in [-0.1, -0.05) is 13.3 Å². The van der Waals surface area contributed by atoms with Gasteiger partial charge in [-0.2, -0.15) is 0 Å². The molecule has 3 N–H and O–H groups in total. The summed E-state index contributed by atoms with van der Waals surface area (Å²) in [7, 11) is -3.06. The summed E-state index contributed by atoms with van der Waals surface area (Å²) in [6, 6.07) is 0. The lowest BCUT2D eigenvalue weighted by atomic mass is 9.82. The lowest BCUT2D eigenvalue weighted by Crippen LogP contribution is -2.33. The standard InChI is InChI=1S/C10H22N2O2S/c1-9-3-4-10(7-9,8-11)5-6-12-15(2,13)14/h9,12H,3-8,11H2,1-2H3/t9-,10-/m0/s1. The van der Waals surface area contributed by atoms with Crippen molar-refractivity contribution in [2.24, 2.45) is 17.1 Å². The van der Waals surface area contributed by atoms with Crippen LogP contribution in [0.4, 0.5) is 0 Å². The molecule has 0 unspecified atom stereocenters. The van der Waals surface area contributed by atoms with E-state index in [9.17, 15) is 8.42 Å². The zero-order valence-corrected chi connectivity index (χ0v) is 10.4. The normalized spacial score (nSPS) is 32.1. The van der Waals surface area contributed by atoms with Crippen LogP contribution >= 0.6 is 0 Å². The van der Waals surface area contributed by atoms with E-state index in [1.807, 2.05) is 0 Å². The number of nitrogens with one attached hydrogen (secondary N) is 1. The smallest absolute Gasteiger partial charge is 0.208 e. The third kappa shape index (κ3) is 4.09. The van der Waals surface area contributed by atoms with Crippen molar-refractivity contribution in [2.75, 3.05) is 19.3 Å². The minimum Gasteiger partial charge on any atom is -0.330 e. The Morgan fingerprint density at radius 1 is 1.53 bits per heavy atom. The highest BCUT2D eigenvalue weighted by atomic mass is 32.2. The van der Waals surface area contributed by atoms with Crippen LogP contribution in [0, 0.1) is 11.3 Å². The molecule has 0 aromatic rings. The van der Waals surface area contributed by atoms with Crippen LogP contribution in [-0.2, 0) is 10.0 Å². The van der Waals surface area contributed by atoms with Crippen molar-refractivity contribution in [3.8, 4) is 0 Å². The molecule has 1 saturated carbocycles. The molecule has 0 bridgehead atoms. The second-order valence-electron chi connectivity index (χ2n) is 4.97. The van der Waals surface area contributed by atoms with E-state index in [4.69, 9.17) is 5.73 Å². The summed E-state index contributed by atoms with van der Waals surface area (Å²) in [5, 5.41) is 0. The first-order valence-electron chi connectivity index (χ1n) is 5.52. The summed E-state index contributed by atoms with van der Waals surface area (Å²) < 4.78 is 24.4. The first kappa shape index (κ1) is 12.9. The molecule has 1 fully saturated rings. The van der Waals surface area contributed by atoms with Gasteiger partial charge in [0.05, 0.1) is 6.26 Å². The number of nitrogens with two attached hydrogens (primary N) is 1. The summed E-state index contributed by atoms with van der Waals surface area (Å²) >= 11 is 0. The summed E-state index contributed by atoms with van der Waals surface area (Å²) in [5.74, 6) is 0.729. The molecule has 1 aliphatic carbocycles. The van der Waals surface area contributed by atoms with Crippen molar-refractivity contribution in [1.29, 1.82) is 0 Å². The number of hydrogen-bond acceptors (Lipinski definition) is 3. The van der Waals surface area contributed by atoms with Gasteiger partial charge in [-0.15, -0.1) is 0 Å². The molecule has 5 heteroatoms. The molecule has 15 heavy (non-hydrogen) atoms. The second kappa shape index (κ2) is 4.80. The Labute approximate surface area is 92.7 Å². The Morgan fingerprint density at radius 2 is 2.20 bits per heavy atom. The Morgan fingerprint density at radius 3 is 2.60 bits per heavy atom. The highest BCUT2D eigenvalue weighted by molar-refractivity contribution is 7.88. The minimum atomic E-state index is -3.06. The fourth-order valence-electron chi connectivity index (χ4n) is 2.51. The number of hydrogen-bond donors (Lipinski definition) is 2. The van der Waals surface area contributed by atoms with Gasteiger partial charge in [0, 0.05) is 6.54 Å². The zero-order valence-electron chi connectivity index (χ0n) is 9.62. The van der Waals surface area contributed by atoms with E-state index in [2.05, 4.69) is 11.6 Å². The van der Waals surface area contributed by atoms with E-state index in [0.29, 0.717) is 13.1 Å². The van der Waals surface area contributed by atoms with Crippen LogP contribution in [0.15, 0.2) is 0 Å². The van der Waals surface area contributed by atoms with Crippen LogP contribution < -0.4 is 10.5 Å². The third-order valence-electron chi connectivity index (χ3n) is 3.40. The molecule has 0 saturated heterocycles. The Kier molecular flexibility index (Phi) is 4.14. The maximum atomic E-state index is 10.9. The summed E-state index contributed by atoms with van der Waals surface area (Å²) in [6.07, 6.45) is 5.54. The first-order valence-corrected chi connectivity index (χ1v) is 7.41. The Balaban J connectivity index is 2.41. The molecule has 1 aliphatic rings. The summed E-state index contributed by atoms with van der Waals surface area (Å²) in [4.78, 5) is 0. The van der Waals surface area contributed by atoms with Gasteiger partial charge in [-0.25, -0.2) is 13.1 Å². The Bertz CT molecular complexity index is 303. The van der Waals surface area contributed by atoms with E-state index in [-0.39, 0.29) is 5.41 Å². The fourth-order valence-corrected chi connectivity index (χ4v) is 2.98. The molecule has 1 rings (SSSR count). The van der Waals surface area contributed by atoms with Crippen LogP contribution in [0.2, 0.25) is 0 Å². The van der Waals surface area contributed by atoms with E-state index in [1.165, 1.54) is 12.7 Å². The molecule has 0 aromatic heterocycles. The first-order chi connectivity index (χ1) is 6.87. The van der Waals surface area contributed by atoms with Crippen LogP contribution in [0.1, 0.15) is 32.6 Å². The number of sulfonamides is 1. The largest absolute Gasteiger partial charge is 0.330 e. The van der Waals surface area contributed by atoms with Crippen molar-refractivity contribution in [2.45, 2.75) is 32.6 Å². The molecule has 0 spiro atoms. The minimum absolute atomic E-state index is 0.178. The topological polar surface area (TPSA) is 72.2 Å². The van der Waals surface area contributed by atoms with Crippen LogP contribution in [0.3, 0.4) is 0 Å². The molecule has 0 aliphatic heterocycles. The predicted molar refractivity (Wildman–Crippen MR) is 62.0 cm³/mol. The highest BCUT2D eigenvalue weighted by Crippen LogP contribution is 2.43. The van der Waals surface area contributed by atoms with Gasteiger partial charge >= 0.3 is 0 Å². The van der Waals surface area contributed by atoms with Crippen molar-refractivity contribution in [3.05, 3.63) is 0 Å². The maximum absolute atomic E-state index is 10.9. The second-order valence-corrected chi connectivity index (χ2v) is 6.80. The van der Waals surface area contributed by atoms with Gasteiger partial charge in [-0.3, -0.25) is 0 Å². The van der Waals surface area contributed by atoms with Crippen LogP contribution in [-0.4, -0.2) is 27.8 Å². The van der Waals surface area contributed by atoms with E-state index < -0.39 is 10.0 Å². The van der Waals surface area contributed by atoms with Crippen LogP contribution in [0.5, 0.6) is 0 Å². The van der Waals surface area contributed by atoms with Gasteiger partial charge in [0.15, 0.2) is 0 Å². The molecular weight excluding hydrogens is 212 g/mol. The summed E-state index contributed by atoms with van der Waals surface area (Å²) in [6.45, 7) is 3.42. The molecule has 90 valence electrons.